The second kappa shape index (κ2) is 6.05. The molecule has 6 heteroatoms. The molecule has 6 nitrogen and oxygen atoms in total. The number of hydrogen-bond donors (Lipinski definition) is 2. The van der Waals surface area contributed by atoms with Gasteiger partial charge in [-0.05, 0) is 74.5 Å². The molecule has 0 radical (unpaired) electrons. The second-order valence-corrected chi connectivity index (χ2v) is 9.32. The van der Waals surface area contributed by atoms with E-state index in [1.165, 1.54) is 19.3 Å². The first kappa shape index (κ1) is 17.0. The molecule has 0 aromatic carbocycles. The minimum atomic E-state index is -0.0951. The van der Waals surface area contributed by atoms with Crippen LogP contribution in [0.25, 0.3) is 17.0 Å². The Morgan fingerprint density at radius 1 is 1.07 bits per heavy atom. The van der Waals surface area contributed by atoms with Crippen molar-refractivity contribution in [3.63, 3.8) is 0 Å². The van der Waals surface area contributed by atoms with Gasteiger partial charge in [-0.2, -0.15) is 0 Å². The van der Waals surface area contributed by atoms with Gasteiger partial charge >= 0.3 is 0 Å². The van der Waals surface area contributed by atoms with Gasteiger partial charge in [0.15, 0.2) is 5.69 Å². The lowest BCUT2D eigenvalue weighted by Crippen LogP contribution is -2.59. The third-order valence-corrected chi connectivity index (χ3v) is 7.25. The molecule has 2 N–H and O–H groups in total. The quantitative estimate of drug-likeness (QED) is 0.534. The Bertz CT molecular complexity index is 1080. The Labute approximate surface area is 169 Å². The van der Waals surface area contributed by atoms with Crippen LogP contribution in [-0.4, -0.2) is 26.0 Å². The van der Waals surface area contributed by atoms with Crippen LogP contribution < -0.4 is 10.0 Å². The Hall–Kier alpha value is -2.89. The number of amides is 1. The first-order valence-corrected chi connectivity index (χ1v) is 10.6. The fraction of sp³-hybridized carbons (Fsp3) is 0.435. The molecule has 4 bridgehead atoms. The standard InChI is InChI=1S/C23H24N4O2/c28-22(25-23-12-15-9-16(13-23)11-17(10-15)14-23)20-18-5-1-3-7-26(18)21(24-20)19-6-2-4-8-27(19)29/h1-8,15-17H,9-14H2,(H-,24,25,28,29)/p+1. The fourth-order valence-electron chi connectivity index (χ4n) is 6.56. The smallest absolute Gasteiger partial charge is 0.300 e. The summed E-state index contributed by atoms with van der Waals surface area (Å²) in [6, 6.07) is 11.1. The summed E-state index contributed by atoms with van der Waals surface area (Å²) in [5, 5.41) is 13.7. The number of carbonyl (C=O) groups is 1. The van der Waals surface area contributed by atoms with Gasteiger partial charge in [-0.1, -0.05) is 6.07 Å². The number of rotatable bonds is 3. The largest absolute Gasteiger partial charge is 0.345 e. The van der Waals surface area contributed by atoms with Gasteiger partial charge in [-0.15, -0.1) is 0 Å². The fourth-order valence-corrected chi connectivity index (χ4v) is 6.56. The van der Waals surface area contributed by atoms with E-state index in [2.05, 4.69) is 10.3 Å². The summed E-state index contributed by atoms with van der Waals surface area (Å²) < 4.78 is 2.92. The van der Waals surface area contributed by atoms with Gasteiger partial charge in [-0.3, -0.25) is 14.4 Å². The number of carbonyl (C=O) groups excluding carboxylic acids is 1. The first-order valence-electron chi connectivity index (χ1n) is 10.6. The third-order valence-electron chi connectivity index (χ3n) is 7.25. The highest BCUT2D eigenvalue weighted by atomic mass is 16.5. The number of fused-ring (bicyclic) bond motifs is 1. The number of hydrogen-bond acceptors (Lipinski definition) is 3. The molecule has 0 spiro atoms. The Kier molecular flexibility index (Phi) is 3.55. The highest BCUT2D eigenvalue weighted by Gasteiger charge is 2.51. The minimum absolute atomic E-state index is 0.0552. The van der Waals surface area contributed by atoms with Gasteiger partial charge in [0.05, 0.1) is 5.52 Å². The molecular weight excluding hydrogens is 364 g/mol. The van der Waals surface area contributed by atoms with Gasteiger partial charge in [0.1, 0.15) is 0 Å². The van der Waals surface area contributed by atoms with Crippen molar-refractivity contribution in [2.75, 3.05) is 0 Å². The molecular formula is C23H25N4O2+. The molecule has 0 unspecified atom stereocenters. The molecule has 3 aromatic rings. The van der Waals surface area contributed by atoms with Crippen molar-refractivity contribution in [1.29, 1.82) is 0 Å². The second-order valence-electron chi connectivity index (χ2n) is 9.32. The van der Waals surface area contributed by atoms with Gasteiger partial charge in [0.25, 0.3) is 11.6 Å². The molecule has 1 amide bonds. The van der Waals surface area contributed by atoms with Crippen molar-refractivity contribution in [3.8, 4) is 11.5 Å². The van der Waals surface area contributed by atoms with Crippen LogP contribution in [0.4, 0.5) is 0 Å². The molecule has 3 aromatic heterocycles. The maximum atomic E-state index is 13.4. The van der Waals surface area contributed by atoms with Gasteiger partial charge in [-0.25, -0.2) is 4.98 Å². The number of nitrogens with one attached hydrogen (secondary N) is 1. The van der Waals surface area contributed by atoms with Crippen LogP contribution in [-0.2, 0) is 0 Å². The van der Waals surface area contributed by atoms with Gasteiger partial charge in [0.2, 0.25) is 12.0 Å². The van der Waals surface area contributed by atoms with Crippen LogP contribution >= 0.6 is 0 Å². The van der Waals surface area contributed by atoms with Gasteiger partial charge in [0, 0.05) is 28.6 Å². The predicted octanol–water partition coefficient (Wildman–Crippen LogP) is 3.22. The van der Waals surface area contributed by atoms with Crippen molar-refractivity contribution < 1.29 is 14.7 Å². The Morgan fingerprint density at radius 2 is 1.76 bits per heavy atom. The molecule has 7 rings (SSSR count). The number of imidazole rings is 1. The summed E-state index contributed by atoms with van der Waals surface area (Å²) in [6.45, 7) is 0. The van der Waals surface area contributed by atoms with E-state index in [1.54, 1.807) is 18.3 Å². The van der Waals surface area contributed by atoms with E-state index in [-0.39, 0.29) is 11.4 Å². The van der Waals surface area contributed by atoms with E-state index in [0.717, 1.165) is 47.3 Å². The zero-order valence-corrected chi connectivity index (χ0v) is 16.3. The van der Waals surface area contributed by atoms with Crippen molar-refractivity contribution in [3.05, 3.63) is 54.5 Å². The van der Waals surface area contributed by atoms with Crippen LogP contribution in [0.1, 0.15) is 49.0 Å². The topological polar surface area (TPSA) is 70.5 Å². The summed E-state index contributed by atoms with van der Waals surface area (Å²) in [4.78, 5) is 18.1. The summed E-state index contributed by atoms with van der Waals surface area (Å²) in [7, 11) is 0. The summed E-state index contributed by atoms with van der Waals surface area (Å²) in [5.74, 6) is 2.78. The molecule has 4 aliphatic rings. The lowest BCUT2D eigenvalue weighted by Gasteiger charge is -2.56. The number of aromatic nitrogens is 3. The monoisotopic (exact) mass is 389 g/mol. The average Bonchev–Trinajstić information content (AvgIpc) is 3.07. The first-order chi connectivity index (χ1) is 14.1. The maximum Gasteiger partial charge on any atom is 0.300 e. The molecule has 4 saturated carbocycles. The van der Waals surface area contributed by atoms with E-state index >= 15 is 0 Å². The Morgan fingerprint density at radius 3 is 2.45 bits per heavy atom. The molecule has 4 aliphatic carbocycles. The van der Waals surface area contributed by atoms with Crippen LogP contribution in [0.3, 0.4) is 0 Å². The van der Waals surface area contributed by atoms with Crippen LogP contribution in [0.2, 0.25) is 0 Å². The zero-order chi connectivity index (χ0) is 19.6. The minimum Gasteiger partial charge on any atom is -0.345 e. The SMILES string of the molecule is O=C(NC12CC3CC(CC(C3)C1)C2)c1nc(-c2cccc[n+]2O)n2ccccc12. The summed E-state index contributed by atoms with van der Waals surface area (Å²) in [5.41, 5.74) is 1.68. The van der Waals surface area contributed by atoms with Gasteiger partial charge < -0.3 is 5.32 Å². The number of pyridine rings is 2. The molecule has 4 fully saturated rings. The molecule has 0 aliphatic heterocycles. The van der Waals surface area contributed by atoms with E-state index in [4.69, 9.17) is 0 Å². The van der Waals surface area contributed by atoms with E-state index < -0.39 is 0 Å². The van der Waals surface area contributed by atoms with E-state index in [0.29, 0.717) is 17.2 Å². The van der Waals surface area contributed by atoms with Crippen LogP contribution in [0.5, 0.6) is 0 Å². The van der Waals surface area contributed by atoms with E-state index in [9.17, 15) is 10.0 Å². The van der Waals surface area contributed by atoms with Crippen molar-refractivity contribution in [1.82, 2.24) is 14.7 Å². The lowest BCUT2D eigenvalue weighted by atomic mass is 9.53. The Balaban J connectivity index is 1.39. The molecule has 29 heavy (non-hydrogen) atoms. The predicted molar refractivity (Wildman–Crippen MR) is 106 cm³/mol. The highest BCUT2D eigenvalue weighted by molar-refractivity contribution is 6.00. The normalized spacial score (nSPS) is 30.0. The molecule has 0 saturated heterocycles. The lowest BCUT2D eigenvalue weighted by molar-refractivity contribution is -0.896. The van der Waals surface area contributed by atoms with Crippen molar-refractivity contribution >= 4 is 11.4 Å². The summed E-state index contributed by atoms with van der Waals surface area (Å²) in [6.07, 6.45) is 10.8. The van der Waals surface area contributed by atoms with Crippen molar-refractivity contribution in [2.45, 2.75) is 44.1 Å². The zero-order valence-electron chi connectivity index (χ0n) is 16.3. The maximum absolute atomic E-state index is 13.4. The molecule has 0 atom stereocenters. The third kappa shape index (κ3) is 2.65. The summed E-state index contributed by atoms with van der Waals surface area (Å²) >= 11 is 0. The van der Waals surface area contributed by atoms with E-state index in [1.807, 2.05) is 34.9 Å². The van der Waals surface area contributed by atoms with Crippen LogP contribution in [0.15, 0.2) is 48.8 Å². The highest BCUT2D eigenvalue weighted by Crippen LogP contribution is 2.55. The number of nitrogens with zero attached hydrogens (tertiary/aromatic N) is 3. The van der Waals surface area contributed by atoms with Crippen molar-refractivity contribution in [2.24, 2.45) is 17.8 Å². The van der Waals surface area contributed by atoms with Crippen LogP contribution in [0, 0.1) is 17.8 Å². The molecule has 3 heterocycles. The molecule has 148 valence electrons. The average molecular weight is 389 g/mol.